The molecule has 1 aliphatic rings. The van der Waals surface area contributed by atoms with Crippen LogP contribution in [0.1, 0.15) is 12.5 Å². The molecule has 24 heavy (non-hydrogen) atoms. The number of benzene rings is 2. The molecular formula is C18H20N2O4. The normalized spacial score (nSPS) is 14.8. The van der Waals surface area contributed by atoms with Gasteiger partial charge >= 0.3 is 0 Å². The van der Waals surface area contributed by atoms with Gasteiger partial charge in [-0.25, -0.2) is 0 Å². The van der Waals surface area contributed by atoms with Gasteiger partial charge in [-0.2, -0.15) is 0 Å². The summed E-state index contributed by atoms with van der Waals surface area (Å²) in [5.41, 5.74) is 5.83. The van der Waals surface area contributed by atoms with E-state index in [-0.39, 0.29) is 12.7 Å². The van der Waals surface area contributed by atoms with E-state index in [2.05, 4.69) is 5.32 Å². The van der Waals surface area contributed by atoms with Crippen molar-refractivity contribution in [2.24, 2.45) is 5.73 Å². The zero-order valence-electron chi connectivity index (χ0n) is 13.5. The van der Waals surface area contributed by atoms with E-state index in [4.69, 9.17) is 19.9 Å². The highest BCUT2D eigenvalue weighted by molar-refractivity contribution is 5.86. The molecule has 0 spiro atoms. The van der Waals surface area contributed by atoms with E-state index in [0.29, 0.717) is 30.4 Å². The van der Waals surface area contributed by atoms with Crippen molar-refractivity contribution in [1.29, 1.82) is 0 Å². The number of fused-ring (bicyclic) bond motifs is 1. The minimum absolute atomic E-state index is 0.226. The molecule has 2 aromatic carbocycles. The molecule has 1 heterocycles. The second-order valence-corrected chi connectivity index (χ2v) is 5.69. The maximum absolute atomic E-state index is 12.3. The summed E-state index contributed by atoms with van der Waals surface area (Å²) in [6.07, 6.45) is 0. The Bertz CT molecular complexity index is 716. The maximum Gasteiger partial charge on any atom is 0.244 e. The molecule has 126 valence electrons. The summed E-state index contributed by atoms with van der Waals surface area (Å²) in [6, 6.07) is 14.6. The molecule has 1 unspecified atom stereocenters. The minimum atomic E-state index is -1.08. The Labute approximate surface area is 140 Å². The number of nitrogens with two attached hydrogens (primary N) is 1. The fourth-order valence-corrected chi connectivity index (χ4v) is 2.40. The van der Waals surface area contributed by atoms with Crippen LogP contribution in [0, 0.1) is 0 Å². The molecular weight excluding hydrogens is 308 g/mol. The smallest absolute Gasteiger partial charge is 0.244 e. The van der Waals surface area contributed by atoms with Gasteiger partial charge in [0.1, 0.15) is 17.9 Å². The number of hydrogen-bond acceptors (Lipinski definition) is 5. The van der Waals surface area contributed by atoms with Crippen molar-refractivity contribution in [2.75, 3.05) is 19.9 Å². The quantitative estimate of drug-likeness (QED) is 0.790. The van der Waals surface area contributed by atoms with Gasteiger partial charge in [-0.3, -0.25) is 4.79 Å². The molecule has 6 heteroatoms. The summed E-state index contributed by atoms with van der Waals surface area (Å²) in [6.45, 7) is 2.60. The second-order valence-electron chi connectivity index (χ2n) is 5.69. The lowest BCUT2D eigenvalue weighted by molar-refractivity contribution is -0.126. The molecule has 1 aliphatic heterocycles. The van der Waals surface area contributed by atoms with Crippen molar-refractivity contribution < 1.29 is 19.0 Å². The lowest BCUT2D eigenvalue weighted by Gasteiger charge is -2.24. The summed E-state index contributed by atoms with van der Waals surface area (Å²) in [5.74, 6) is 1.78. The van der Waals surface area contributed by atoms with Crippen LogP contribution in [0.3, 0.4) is 0 Å². The number of carbonyl (C=O) groups is 1. The zero-order valence-corrected chi connectivity index (χ0v) is 13.5. The molecule has 0 saturated carbocycles. The number of ether oxygens (including phenoxy) is 3. The number of nitrogens with one attached hydrogen (secondary N) is 1. The Kier molecular flexibility index (Phi) is 4.57. The van der Waals surface area contributed by atoms with Crippen LogP contribution in [-0.2, 0) is 10.3 Å². The van der Waals surface area contributed by atoms with E-state index >= 15 is 0 Å². The van der Waals surface area contributed by atoms with E-state index < -0.39 is 5.54 Å². The minimum Gasteiger partial charge on any atom is -0.492 e. The first kappa shape index (κ1) is 16.1. The third-order valence-electron chi connectivity index (χ3n) is 3.85. The van der Waals surface area contributed by atoms with Crippen LogP contribution in [0.2, 0.25) is 0 Å². The van der Waals surface area contributed by atoms with Crippen LogP contribution in [0.5, 0.6) is 17.2 Å². The van der Waals surface area contributed by atoms with Crippen molar-refractivity contribution in [3.8, 4) is 17.2 Å². The monoisotopic (exact) mass is 328 g/mol. The van der Waals surface area contributed by atoms with E-state index in [1.165, 1.54) is 0 Å². The van der Waals surface area contributed by atoms with Gasteiger partial charge in [0.2, 0.25) is 12.7 Å². The molecule has 0 aliphatic carbocycles. The van der Waals surface area contributed by atoms with Crippen LogP contribution in [0.4, 0.5) is 0 Å². The van der Waals surface area contributed by atoms with Crippen molar-refractivity contribution in [1.82, 2.24) is 5.32 Å². The Balaban J connectivity index is 1.49. The summed E-state index contributed by atoms with van der Waals surface area (Å²) in [5, 5.41) is 2.80. The van der Waals surface area contributed by atoms with Gasteiger partial charge in [-0.1, -0.05) is 30.3 Å². The van der Waals surface area contributed by atoms with E-state index in [1.54, 1.807) is 25.1 Å². The molecule has 0 radical (unpaired) electrons. The van der Waals surface area contributed by atoms with Crippen LogP contribution >= 0.6 is 0 Å². The lowest BCUT2D eigenvalue weighted by atomic mass is 9.92. The van der Waals surface area contributed by atoms with Crippen LogP contribution in [-0.4, -0.2) is 25.9 Å². The second kappa shape index (κ2) is 6.80. The third-order valence-corrected chi connectivity index (χ3v) is 3.85. The predicted octanol–water partition coefficient (Wildman–Crippen LogP) is 1.78. The molecule has 0 aromatic heterocycles. The molecule has 0 saturated heterocycles. The van der Waals surface area contributed by atoms with Crippen LogP contribution < -0.4 is 25.3 Å². The van der Waals surface area contributed by atoms with Crippen molar-refractivity contribution in [3.05, 3.63) is 54.1 Å². The van der Waals surface area contributed by atoms with Gasteiger partial charge in [0, 0.05) is 6.07 Å². The van der Waals surface area contributed by atoms with E-state index in [0.717, 1.165) is 5.56 Å². The fraction of sp³-hybridized carbons (Fsp3) is 0.278. The SMILES string of the molecule is CC(N)(C(=O)NCCOc1ccc2c(c1)OCO2)c1ccccc1. The number of rotatable bonds is 6. The van der Waals surface area contributed by atoms with Gasteiger partial charge in [0.05, 0.1) is 6.54 Å². The topological polar surface area (TPSA) is 82.8 Å². The average Bonchev–Trinajstić information content (AvgIpc) is 3.07. The first-order valence-corrected chi connectivity index (χ1v) is 7.72. The molecule has 2 aromatic rings. The summed E-state index contributed by atoms with van der Waals surface area (Å²) in [7, 11) is 0. The molecule has 1 amide bonds. The zero-order chi connectivity index (χ0) is 17.0. The Morgan fingerprint density at radius 1 is 1.21 bits per heavy atom. The molecule has 0 fully saturated rings. The number of carbonyl (C=O) groups excluding carboxylic acids is 1. The fourth-order valence-electron chi connectivity index (χ4n) is 2.40. The first-order valence-electron chi connectivity index (χ1n) is 7.72. The largest absolute Gasteiger partial charge is 0.492 e. The summed E-state index contributed by atoms with van der Waals surface area (Å²) in [4.78, 5) is 12.3. The first-order chi connectivity index (χ1) is 11.6. The number of hydrogen-bond donors (Lipinski definition) is 2. The van der Waals surface area contributed by atoms with Crippen LogP contribution in [0.25, 0.3) is 0 Å². The molecule has 6 nitrogen and oxygen atoms in total. The molecule has 3 rings (SSSR count). The van der Waals surface area contributed by atoms with Crippen molar-refractivity contribution in [2.45, 2.75) is 12.5 Å². The molecule has 3 N–H and O–H groups in total. The van der Waals surface area contributed by atoms with Crippen molar-refractivity contribution in [3.63, 3.8) is 0 Å². The van der Waals surface area contributed by atoms with Crippen molar-refractivity contribution >= 4 is 5.91 Å². The Morgan fingerprint density at radius 3 is 2.75 bits per heavy atom. The number of amides is 1. The van der Waals surface area contributed by atoms with Gasteiger partial charge in [0.15, 0.2) is 11.5 Å². The van der Waals surface area contributed by atoms with Crippen LogP contribution in [0.15, 0.2) is 48.5 Å². The van der Waals surface area contributed by atoms with Gasteiger partial charge < -0.3 is 25.3 Å². The summed E-state index contributed by atoms with van der Waals surface area (Å²) >= 11 is 0. The van der Waals surface area contributed by atoms with Gasteiger partial charge in [0.25, 0.3) is 0 Å². The highest BCUT2D eigenvalue weighted by Crippen LogP contribution is 2.34. The molecule has 1 atom stereocenters. The third kappa shape index (κ3) is 3.44. The van der Waals surface area contributed by atoms with Gasteiger partial charge in [-0.15, -0.1) is 0 Å². The highest BCUT2D eigenvalue weighted by atomic mass is 16.7. The summed E-state index contributed by atoms with van der Waals surface area (Å²) < 4.78 is 16.1. The highest BCUT2D eigenvalue weighted by Gasteiger charge is 2.29. The molecule has 0 bridgehead atoms. The maximum atomic E-state index is 12.3. The predicted molar refractivity (Wildman–Crippen MR) is 89.1 cm³/mol. The Hall–Kier alpha value is -2.73. The Morgan fingerprint density at radius 2 is 1.96 bits per heavy atom. The van der Waals surface area contributed by atoms with E-state index in [9.17, 15) is 4.79 Å². The average molecular weight is 328 g/mol. The lowest BCUT2D eigenvalue weighted by Crippen LogP contribution is -2.49. The standard InChI is InChI=1S/C18H20N2O4/c1-18(19,13-5-3-2-4-6-13)17(21)20-9-10-22-14-7-8-15-16(11-14)24-12-23-15/h2-8,11H,9-10,12,19H2,1H3,(H,20,21). The van der Waals surface area contributed by atoms with Gasteiger partial charge in [-0.05, 0) is 24.6 Å². The van der Waals surface area contributed by atoms with E-state index in [1.807, 2.05) is 30.3 Å².